The zero-order chi connectivity index (χ0) is 17.5. The zero-order valence-corrected chi connectivity index (χ0v) is 12.7. The maximum atomic E-state index is 12.8. The molecule has 0 fully saturated rings. The highest BCUT2D eigenvalue weighted by Crippen LogP contribution is 2.31. The van der Waals surface area contributed by atoms with Gasteiger partial charge in [0.2, 0.25) is 0 Å². The number of rotatable bonds is 2. The number of carbonyl (C=O) groups excluding carboxylic acids is 1. The molecular weight excluding hydrogens is 323 g/mol. The number of halogens is 3. The van der Waals surface area contributed by atoms with Crippen molar-refractivity contribution in [3.8, 4) is 0 Å². The van der Waals surface area contributed by atoms with Gasteiger partial charge >= 0.3 is 6.18 Å². The van der Waals surface area contributed by atoms with Crippen molar-refractivity contribution in [1.29, 1.82) is 0 Å². The Morgan fingerprint density at radius 3 is 2.67 bits per heavy atom. The molecule has 1 amide bonds. The standard InChI is InChI=1S/C16H12F3N3O2/c1-8-6-12(13-9(2)22-24-15(13)20-8)14(23)21-11-5-3-4-10(7-11)16(17,18)19/h3-7H,1-2H3,(H,21,23). The summed E-state index contributed by atoms with van der Waals surface area (Å²) >= 11 is 0. The number of carbonyl (C=O) groups is 1. The predicted molar refractivity (Wildman–Crippen MR) is 80.7 cm³/mol. The Morgan fingerprint density at radius 2 is 1.96 bits per heavy atom. The van der Waals surface area contributed by atoms with E-state index in [1.165, 1.54) is 18.2 Å². The van der Waals surface area contributed by atoms with Gasteiger partial charge in [0, 0.05) is 11.4 Å². The van der Waals surface area contributed by atoms with Gasteiger partial charge < -0.3 is 9.84 Å². The molecule has 24 heavy (non-hydrogen) atoms. The van der Waals surface area contributed by atoms with Crippen LogP contribution in [-0.4, -0.2) is 16.0 Å². The highest BCUT2D eigenvalue weighted by molar-refractivity contribution is 6.12. The number of aromatic nitrogens is 2. The lowest BCUT2D eigenvalue weighted by molar-refractivity contribution is -0.137. The first-order chi connectivity index (χ1) is 11.3. The smallest absolute Gasteiger partial charge is 0.336 e. The summed E-state index contributed by atoms with van der Waals surface area (Å²) in [5, 5.41) is 6.67. The van der Waals surface area contributed by atoms with E-state index in [0.717, 1.165) is 12.1 Å². The summed E-state index contributed by atoms with van der Waals surface area (Å²) in [5.74, 6) is -0.559. The molecule has 3 aromatic rings. The van der Waals surface area contributed by atoms with Gasteiger partial charge in [-0.05, 0) is 38.1 Å². The Kier molecular flexibility index (Phi) is 3.75. The molecule has 0 saturated heterocycles. The van der Waals surface area contributed by atoms with Crippen LogP contribution >= 0.6 is 0 Å². The summed E-state index contributed by atoms with van der Waals surface area (Å²) in [6, 6.07) is 5.98. The van der Waals surface area contributed by atoms with E-state index in [9.17, 15) is 18.0 Å². The first-order valence-electron chi connectivity index (χ1n) is 6.98. The van der Waals surface area contributed by atoms with Gasteiger partial charge in [-0.3, -0.25) is 4.79 Å². The summed E-state index contributed by atoms with van der Waals surface area (Å²) in [6.07, 6.45) is -4.48. The SMILES string of the molecule is Cc1cc(C(=O)Nc2cccc(C(F)(F)F)c2)c2c(C)noc2n1. The van der Waals surface area contributed by atoms with E-state index >= 15 is 0 Å². The van der Waals surface area contributed by atoms with Gasteiger partial charge in [-0.15, -0.1) is 0 Å². The van der Waals surface area contributed by atoms with Crippen LogP contribution in [0, 0.1) is 13.8 Å². The predicted octanol–water partition coefficient (Wildman–Crippen LogP) is 4.11. The van der Waals surface area contributed by atoms with Gasteiger partial charge in [0.25, 0.3) is 11.6 Å². The van der Waals surface area contributed by atoms with Gasteiger partial charge in [0.1, 0.15) is 0 Å². The first-order valence-corrected chi connectivity index (χ1v) is 6.98. The average molecular weight is 335 g/mol. The molecule has 124 valence electrons. The Bertz CT molecular complexity index is 932. The molecule has 0 unspecified atom stereocenters. The van der Waals surface area contributed by atoms with Crippen molar-refractivity contribution in [3.05, 3.63) is 52.8 Å². The fourth-order valence-electron chi connectivity index (χ4n) is 2.37. The highest BCUT2D eigenvalue weighted by Gasteiger charge is 2.30. The second kappa shape index (κ2) is 5.63. The fraction of sp³-hybridized carbons (Fsp3) is 0.188. The van der Waals surface area contributed by atoms with Gasteiger partial charge in [-0.1, -0.05) is 11.2 Å². The molecule has 1 aromatic carbocycles. The Morgan fingerprint density at radius 1 is 1.21 bits per heavy atom. The number of alkyl halides is 3. The minimum Gasteiger partial charge on any atom is -0.336 e. The molecule has 2 heterocycles. The normalized spacial score (nSPS) is 11.7. The van der Waals surface area contributed by atoms with E-state index in [4.69, 9.17) is 4.52 Å². The molecule has 8 heteroatoms. The van der Waals surface area contributed by atoms with Crippen molar-refractivity contribution in [2.75, 3.05) is 5.32 Å². The number of pyridine rings is 1. The van der Waals surface area contributed by atoms with Crippen molar-refractivity contribution in [3.63, 3.8) is 0 Å². The van der Waals surface area contributed by atoms with E-state index in [2.05, 4.69) is 15.5 Å². The number of fused-ring (bicyclic) bond motifs is 1. The largest absolute Gasteiger partial charge is 0.416 e. The lowest BCUT2D eigenvalue weighted by Crippen LogP contribution is -2.14. The van der Waals surface area contributed by atoms with Crippen LogP contribution in [0.15, 0.2) is 34.9 Å². The van der Waals surface area contributed by atoms with Crippen LogP contribution in [0.1, 0.15) is 27.3 Å². The van der Waals surface area contributed by atoms with Crippen molar-refractivity contribution in [2.24, 2.45) is 0 Å². The number of amides is 1. The van der Waals surface area contributed by atoms with Crippen LogP contribution in [0.5, 0.6) is 0 Å². The molecule has 0 radical (unpaired) electrons. The van der Waals surface area contributed by atoms with Crippen molar-refractivity contribution < 1.29 is 22.5 Å². The maximum Gasteiger partial charge on any atom is 0.416 e. The molecule has 3 rings (SSSR count). The molecule has 1 N–H and O–H groups in total. The van der Waals surface area contributed by atoms with E-state index in [-0.39, 0.29) is 17.0 Å². The third-order valence-corrected chi connectivity index (χ3v) is 3.44. The number of hydrogen-bond acceptors (Lipinski definition) is 4. The van der Waals surface area contributed by atoms with E-state index < -0.39 is 17.6 Å². The van der Waals surface area contributed by atoms with Gasteiger partial charge in [-0.2, -0.15) is 13.2 Å². The first kappa shape index (κ1) is 16.0. The summed E-state index contributed by atoms with van der Waals surface area (Å²) in [7, 11) is 0. The Labute approximate surface area is 134 Å². The minimum absolute atomic E-state index is 0.0477. The lowest BCUT2D eigenvalue weighted by atomic mass is 10.1. The second-order valence-electron chi connectivity index (χ2n) is 5.29. The molecule has 0 atom stereocenters. The molecule has 0 saturated carbocycles. The molecule has 2 aromatic heterocycles. The van der Waals surface area contributed by atoms with E-state index in [0.29, 0.717) is 16.8 Å². The van der Waals surface area contributed by atoms with Gasteiger partial charge in [-0.25, -0.2) is 4.98 Å². The van der Waals surface area contributed by atoms with Crippen molar-refractivity contribution in [2.45, 2.75) is 20.0 Å². The maximum absolute atomic E-state index is 12.8. The quantitative estimate of drug-likeness (QED) is 0.765. The third kappa shape index (κ3) is 2.94. The number of hydrogen-bond donors (Lipinski definition) is 1. The second-order valence-corrected chi connectivity index (χ2v) is 5.29. The molecule has 0 aliphatic heterocycles. The van der Waals surface area contributed by atoms with Crippen LogP contribution < -0.4 is 5.32 Å². The molecule has 0 bridgehead atoms. The van der Waals surface area contributed by atoms with Crippen LogP contribution in [-0.2, 0) is 6.18 Å². The molecular formula is C16H12F3N3O2. The van der Waals surface area contributed by atoms with Crippen LogP contribution in [0.25, 0.3) is 11.1 Å². The molecule has 0 spiro atoms. The highest BCUT2D eigenvalue weighted by atomic mass is 19.4. The van der Waals surface area contributed by atoms with Gasteiger partial charge in [0.05, 0.1) is 22.2 Å². The van der Waals surface area contributed by atoms with Gasteiger partial charge in [0.15, 0.2) is 0 Å². The lowest BCUT2D eigenvalue weighted by Gasteiger charge is -2.10. The van der Waals surface area contributed by atoms with Crippen LogP contribution in [0.2, 0.25) is 0 Å². The Hall–Kier alpha value is -2.90. The number of nitrogens with zero attached hydrogens (tertiary/aromatic N) is 2. The van der Waals surface area contributed by atoms with Crippen molar-refractivity contribution >= 4 is 22.7 Å². The number of benzene rings is 1. The molecule has 5 nitrogen and oxygen atoms in total. The molecule has 0 aliphatic carbocycles. The Balaban J connectivity index is 1.98. The zero-order valence-electron chi connectivity index (χ0n) is 12.7. The summed E-state index contributed by atoms with van der Waals surface area (Å²) < 4.78 is 43.3. The minimum atomic E-state index is -4.48. The number of anilines is 1. The topological polar surface area (TPSA) is 68.0 Å². The summed E-state index contributed by atoms with van der Waals surface area (Å²) in [6.45, 7) is 3.34. The number of aryl methyl sites for hydroxylation is 2. The summed E-state index contributed by atoms with van der Waals surface area (Å²) in [4.78, 5) is 16.6. The molecule has 0 aliphatic rings. The number of nitrogens with one attached hydrogen (secondary N) is 1. The fourth-order valence-corrected chi connectivity index (χ4v) is 2.37. The van der Waals surface area contributed by atoms with Crippen LogP contribution in [0.4, 0.5) is 18.9 Å². The van der Waals surface area contributed by atoms with Crippen molar-refractivity contribution in [1.82, 2.24) is 10.1 Å². The third-order valence-electron chi connectivity index (χ3n) is 3.44. The summed E-state index contributed by atoms with van der Waals surface area (Å²) in [5.41, 5.74) is 0.680. The van der Waals surface area contributed by atoms with Crippen LogP contribution in [0.3, 0.4) is 0 Å². The van der Waals surface area contributed by atoms with E-state index in [1.807, 2.05) is 0 Å². The van der Waals surface area contributed by atoms with E-state index in [1.54, 1.807) is 13.8 Å². The average Bonchev–Trinajstić information content (AvgIpc) is 2.87. The monoisotopic (exact) mass is 335 g/mol.